The van der Waals surface area contributed by atoms with Gasteiger partial charge in [-0.25, -0.2) is 0 Å². The molecule has 0 spiro atoms. The molecule has 2 heterocycles. The summed E-state index contributed by atoms with van der Waals surface area (Å²) >= 11 is 0. The van der Waals surface area contributed by atoms with E-state index in [1.807, 2.05) is 0 Å². The van der Waals surface area contributed by atoms with E-state index in [2.05, 4.69) is 53.5 Å². The van der Waals surface area contributed by atoms with Crippen LogP contribution in [0, 0.1) is 11.3 Å². The van der Waals surface area contributed by atoms with Crippen molar-refractivity contribution in [2.75, 3.05) is 18.4 Å². The largest absolute Gasteiger partial charge is 0.359 e. The van der Waals surface area contributed by atoms with Crippen LogP contribution in [0.25, 0.3) is 10.9 Å². The van der Waals surface area contributed by atoms with Gasteiger partial charge in [-0.2, -0.15) is 0 Å². The first kappa shape index (κ1) is 13.9. The minimum absolute atomic E-state index is 0.174. The number of nitrogens with one attached hydrogen (secondary N) is 3. The van der Waals surface area contributed by atoms with Crippen LogP contribution in [0.5, 0.6) is 0 Å². The van der Waals surface area contributed by atoms with Crippen molar-refractivity contribution in [3.63, 3.8) is 0 Å². The average molecular weight is 295 g/mol. The number of hydrogen-bond donors (Lipinski definition) is 3. The lowest BCUT2D eigenvalue weighted by Crippen LogP contribution is -2.53. The Balaban J connectivity index is 1.57. The fourth-order valence-corrected chi connectivity index (χ4v) is 3.46. The number of benzene rings is 1. The van der Waals surface area contributed by atoms with E-state index < -0.39 is 0 Å². The topological polar surface area (TPSA) is 39.9 Å². The second-order valence-corrected chi connectivity index (χ2v) is 7.35. The Kier molecular flexibility index (Phi) is 3.26. The molecule has 3 nitrogen and oxygen atoms in total. The molecule has 22 heavy (non-hydrogen) atoms. The molecule has 3 heteroatoms. The molecular weight excluding hydrogens is 270 g/mol. The Hall–Kier alpha value is -1.74. The van der Waals surface area contributed by atoms with Gasteiger partial charge in [-0.15, -0.1) is 0 Å². The van der Waals surface area contributed by atoms with Crippen LogP contribution in [0.2, 0.25) is 0 Å². The Morgan fingerprint density at radius 2 is 2.18 bits per heavy atom. The van der Waals surface area contributed by atoms with Crippen LogP contribution in [0.3, 0.4) is 0 Å². The number of aromatic amines is 1. The van der Waals surface area contributed by atoms with E-state index in [4.69, 9.17) is 0 Å². The summed E-state index contributed by atoms with van der Waals surface area (Å²) < 4.78 is 0. The predicted molar refractivity (Wildman–Crippen MR) is 93.1 cm³/mol. The minimum Gasteiger partial charge on any atom is -0.359 e. The SMILES string of the molecule is C=C(Nc1c[nH]c2ccc(CC3CCC3)cc12)C1(C)CNC1. The van der Waals surface area contributed by atoms with Crippen molar-refractivity contribution in [3.05, 3.63) is 42.2 Å². The maximum Gasteiger partial charge on any atom is 0.0639 e. The predicted octanol–water partition coefficient (Wildman–Crippen LogP) is 4.05. The van der Waals surface area contributed by atoms with Gasteiger partial charge in [0.2, 0.25) is 0 Å². The Morgan fingerprint density at radius 1 is 1.36 bits per heavy atom. The van der Waals surface area contributed by atoms with E-state index in [-0.39, 0.29) is 5.41 Å². The summed E-state index contributed by atoms with van der Waals surface area (Å²) in [6.45, 7) is 8.53. The van der Waals surface area contributed by atoms with Crippen molar-refractivity contribution in [2.24, 2.45) is 11.3 Å². The third kappa shape index (κ3) is 2.34. The third-order valence-electron chi connectivity index (χ3n) is 5.54. The van der Waals surface area contributed by atoms with E-state index in [1.54, 1.807) is 0 Å². The third-order valence-corrected chi connectivity index (χ3v) is 5.54. The fraction of sp³-hybridized carbons (Fsp3) is 0.474. The van der Waals surface area contributed by atoms with Crippen molar-refractivity contribution in [2.45, 2.75) is 32.6 Å². The Labute approximate surface area is 132 Å². The highest BCUT2D eigenvalue weighted by molar-refractivity contribution is 5.93. The number of hydrogen-bond acceptors (Lipinski definition) is 2. The molecule has 1 aromatic carbocycles. The summed E-state index contributed by atoms with van der Waals surface area (Å²) in [5, 5.41) is 8.17. The van der Waals surface area contributed by atoms with Gasteiger partial charge < -0.3 is 15.6 Å². The molecule has 2 aromatic rings. The van der Waals surface area contributed by atoms with Crippen LogP contribution in [-0.2, 0) is 6.42 Å². The van der Waals surface area contributed by atoms with Gasteiger partial charge in [-0.3, -0.25) is 0 Å². The van der Waals surface area contributed by atoms with Crippen LogP contribution in [0.1, 0.15) is 31.7 Å². The summed E-state index contributed by atoms with van der Waals surface area (Å²) in [7, 11) is 0. The zero-order valence-corrected chi connectivity index (χ0v) is 13.3. The van der Waals surface area contributed by atoms with Gasteiger partial charge in [0.15, 0.2) is 0 Å². The number of rotatable bonds is 5. The number of fused-ring (bicyclic) bond motifs is 1. The molecule has 0 unspecified atom stereocenters. The second kappa shape index (κ2) is 5.17. The molecular formula is C19H25N3. The van der Waals surface area contributed by atoms with Gasteiger partial charge in [-0.1, -0.05) is 38.8 Å². The lowest BCUT2D eigenvalue weighted by molar-refractivity contribution is 0.252. The standard InChI is InChI=1S/C19H25N3/c1-13(19(2)11-20-12-19)22-18-10-21-17-7-6-15(9-16(17)18)8-14-4-3-5-14/h6-7,9-10,14,20-22H,1,3-5,8,11-12H2,2H3. The summed E-state index contributed by atoms with van der Waals surface area (Å²) in [5.41, 5.74) is 5.10. The molecule has 1 aliphatic carbocycles. The molecule has 1 aromatic heterocycles. The number of H-pyrrole nitrogens is 1. The zero-order valence-electron chi connectivity index (χ0n) is 13.3. The van der Waals surface area contributed by atoms with Gasteiger partial charge in [-0.05, 0) is 30.0 Å². The first-order valence-electron chi connectivity index (χ1n) is 8.41. The van der Waals surface area contributed by atoms with Crippen LogP contribution < -0.4 is 10.6 Å². The quantitative estimate of drug-likeness (QED) is 0.779. The van der Waals surface area contributed by atoms with Gasteiger partial charge in [0.1, 0.15) is 0 Å². The minimum atomic E-state index is 0.174. The van der Waals surface area contributed by atoms with Crippen LogP contribution in [0.15, 0.2) is 36.7 Å². The van der Waals surface area contributed by atoms with Crippen LogP contribution >= 0.6 is 0 Å². The molecule has 3 N–H and O–H groups in total. The average Bonchev–Trinajstić information content (AvgIpc) is 2.83. The molecule has 116 valence electrons. The van der Waals surface area contributed by atoms with Gasteiger partial charge in [0.25, 0.3) is 0 Å². The van der Waals surface area contributed by atoms with E-state index >= 15 is 0 Å². The van der Waals surface area contributed by atoms with E-state index in [0.29, 0.717) is 0 Å². The van der Waals surface area contributed by atoms with Gasteiger partial charge >= 0.3 is 0 Å². The first-order valence-corrected chi connectivity index (χ1v) is 8.41. The Morgan fingerprint density at radius 3 is 2.82 bits per heavy atom. The molecule has 0 bridgehead atoms. The van der Waals surface area contributed by atoms with Crippen molar-refractivity contribution in [1.29, 1.82) is 0 Å². The van der Waals surface area contributed by atoms with Gasteiger partial charge in [0, 0.05) is 41.3 Å². The molecule has 0 atom stereocenters. The van der Waals surface area contributed by atoms with E-state index in [1.165, 1.54) is 42.1 Å². The fourth-order valence-electron chi connectivity index (χ4n) is 3.46. The van der Waals surface area contributed by atoms with Crippen molar-refractivity contribution < 1.29 is 0 Å². The number of aromatic nitrogens is 1. The molecule has 1 saturated heterocycles. The van der Waals surface area contributed by atoms with Crippen molar-refractivity contribution in [3.8, 4) is 0 Å². The van der Waals surface area contributed by atoms with E-state index in [9.17, 15) is 0 Å². The highest BCUT2D eigenvalue weighted by Gasteiger charge is 2.34. The maximum absolute atomic E-state index is 4.26. The maximum atomic E-state index is 4.26. The monoisotopic (exact) mass is 295 g/mol. The second-order valence-electron chi connectivity index (χ2n) is 7.35. The zero-order chi connectivity index (χ0) is 15.2. The van der Waals surface area contributed by atoms with E-state index in [0.717, 1.165) is 30.4 Å². The van der Waals surface area contributed by atoms with Gasteiger partial charge in [0.05, 0.1) is 5.69 Å². The molecule has 1 saturated carbocycles. The molecule has 1 aliphatic heterocycles. The highest BCUT2D eigenvalue weighted by Crippen LogP contribution is 2.34. The molecule has 2 fully saturated rings. The smallest absolute Gasteiger partial charge is 0.0639 e. The summed E-state index contributed by atoms with van der Waals surface area (Å²) in [5.74, 6) is 0.905. The highest BCUT2D eigenvalue weighted by atomic mass is 15.0. The molecule has 0 amide bonds. The molecule has 2 aliphatic rings. The molecule has 0 radical (unpaired) electrons. The Bertz CT molecular complexity index is 705. The van der Waals surface area contributed by atoms with Crippen LogP contribution in [0.4, 0.5) is 5.69 Å². The lowest BCUT2D eigenvalue weighted by Gasteiger charge is -2.41. The van der Waals surface area contributed by atoms with Crippen LogP contribution in [-0.4, -0.2) is 18.1 Å². The summed E-state index contributed by atoms with van der Waals surface area (Å²) in [4.78, 5) is 3.37. The number of anilines is 1. The van der Waals surface area contributed by atoms with Crippen molar-refractivity contribution >= 4 is 16.6 Å². The lowest BCUT2D eigenvalue weighted by atomic mass is 9.80. The molecule has 4 rings (SSSR count). The summed E-state index contributed by atoms with van der Waals surface area (Å²) in [6, 6.07) is 6.83. The normalized spacial score (nSPS) is 20.4. The first-order chi connectivity index (χ1) is 10.6. The van der Waals surface area contributed by atoms with Crippen molar-refractivity contribution in [1.82, 2.24) is 10.3 Å². The summed E-state index contributed by atoms with van der Waals surface area (Å²) in [6.07, 6.45) is 7.51.